The number of anilines is 1. The Labute approximate surface area is 166 Å². The minimum absolute atomic E-state index is 0.0892. The second-order valence-corrected chi connectivity index (χ2v) is 7.25. The fourth-order valence-electron chi connectivity index (χ4n) is 3.22. The minimum atomic E-state index is -0.382. The minimum Gasteiger partial charge on any atom is -0.378 e. The molecule has 28 heavy (non-hydrogen) atoms. The van der Waals surface area contributed by atoms with Gasteiger partial charge in [-0.05, 0) is 54.3 Å². The maximum absolute atomic E-state index is 12.8. The number of fused-ring (bicyclic) bond motifs is 1. The van der Waals surface area contributed by atoms with E-state index >= 15 is 0 Å². The summed E-state index contributed by atoms with van der Waals surface area (Å²) in [4.78, 5) is 12.8. The maximum atomic E-state index is 12.8. The SMILES string of the molecule is CC(C)OCCc1ccc(C(CN)C(=O)Nc2ccc3ccccc3c2)cc1. The first-order valence-electron chi connectivity index (χ1n) is 9.77. The zero-order chi connectivity index (χ0) is 19.9. The molecular formula is C24H28N2O2. The number of nitrogens with one attached hydrogen (secondary N) is 1. The van der Waals surface area contributed by atoms with E-state index in [1.807, 2.05) is 74.5 Å². The van der Waals surface area contributed by atoms with Crippen molar-refractivity contribution in [3.63, 3.8) is 0 Å². The van der Waals surface area contributed by atoms with E-state index < -0.39 is 0 Å². The number of benzene rings is 3. The Morgan fingerprint density at radius 1 is 1.00 bits per heavy atom. The molecule has 0 spiro atoms. The summed E-state index contributed by atoms with van der Waals surface area (Å²) >= 11 is 0. The number of nitrogens with two attached hydrogens (primary N) is 1. The summed E-state index contributed by atoms with van der Waals surface area (Å²) in [5, 5.41) is 5.25. The summed E-state index contributed by atoms with van der Waals surface area (Å²) < 4.78 is 5.60. The number of hydrogen-bond donors (Lipinski definition) is 2. The lowest BCUT2D eigenvalue weighted by Gasteiger charge is -2.16. The number of rotatable bonds is 8. The van der Waals surface area contributed by atoms with Crippen molar-refractivity contribution in [2.24, 2.45) is 5.73 Å². The van der Waals surface area contributed by atoms with Gasteiger partial charge >= 0.3 is 0 Å². The highest BCUT2D eigenvalue weighted by molar-refractivity contribution is 5.98. The van der Waals surface area contributed by atoms with Crippen molar-refractivity contribution in [2.75, 3.05) is 18.5 Å². The number of hydrogen-bond acceptors (Lipinski definition) is 3. The van der Waals surface area contributed by atoms with Gasteiger partial charge in [0.1, 0.15) is 0 Å². The molecule has 3 rings (SSSR count). The first-order chi connectivity index (χ1) is 13.6. The van der Waals surface area contributed by atoms with Crippen LogP contribution >= 0.6 is 0 Å². The van der Waals surface area contributed by atoms with Crippen molar-refractivity contribution in [3.8, 4) is 0 Å². The molecule has 0 aromatic heterocycles. The van der Waals surface area contributed by atoms with Crippen LogP contribution in [0.15, 0.2) is 66.7 Å². The van der Waals surface area contributed by atoms with Crippen LogP contribution in [0.5, 0.6) is 0 Å². The summed E-state index contributed by atoms with van der Waals surface area (Å²) in [5.74, 6) is -0.471. The standard InChI is InChI=1S/C24H28N2O2/c1-17(2)28-14-13-18-7-9-20(10-8-18)23(16-25)24(27)26-22-12-11-19-5-3-4-6-21(19)15-22/h3-12,15,17,23H,13-14,16,25H2,1-2H3,(H,26,27). The Morgan fingerprint density at radius 3 is 2.39 bits per heavy atom. The monoisotopic (exact) mass is 376 g/mol. The van der Waals surface area contributed by atoms with Gasteiger partial charge in [-0.15, -0.1) is 0 Å². The number of carbonyl (C=O) groups excluding carboxylic acids is 1. The van der Waals surface area contributed by atoms with Gasteiger partial charge in [0, 0.05) is 12.2 Å². The van der Waals surface area contributed by atoms with Gasteiger partial charge in [-0.1, -0.05) is 54.6 Å². The molecule has 0 heterocycles. The molecule has 0 bridgehead atoms. The molecule has 4 nitrogen and oxygen atoms in total. The van der Waals surface area contributed by atoms with Gasteiger partial charge in [-0.3, -0.25) is 4.79 Å². The fraction of sp³-hybridized carbons (Fsp3) is 0.292. The molecule has 3 aromatic rings. The zero-order valence-electron chi connectivity index (χ0n) is 16.5. The normalized spacial score (nSPS) is 12.3. The van der Waals surface area contributed by atoms with E-state index in [0.717, 1.165) is 28.4 Å². The van der Waals surface area contributed by atoms with E-state index in [4.69, 9.17) is 10.5 Å². The molecule has 0 aliphatic carbocycles. The molecular weight excluding hydrogens is 348 g/mol. The molecule has 0 aliphatic heterocycles. The topological polar surface area (TPSA) is 64.3 Å². The van der Waals surface area contributed by atoms with Gasteiger partial charge in [0.05, 0.1) is 18.6 Å². The Bertz CT molecular complexity index is 919. The highest BCUT2D eigenvalue weighted by Gasteiger charge is 2.19. The van der Waals surface area contributed by atoms with E-state index in [1.165, 1.54) is 5.56 Å². The van der Waals surface area contributed by atoms with Crippen molar-refractivity contribution in [2.45, 2.75) is 32.3 Å². The van der Waals surface area contributed by atoms with Gasteiger partial charge in [0.25, 0.3) is 0 Å². The van der Waals surface area contributed by atoms with Crippen LogP contribution in [-0.2, 0) is 16.0 Å². The van der Waals surface area contributed by atoms with Crippen LogP contribution in [0.4, 0.5) is 5.69 Å². The van der Waals surface area contributed by atoms with Crippen LogP contribution in [0.25, 0.3) is 10.8 Å². The first kappa shape index (κ1) is 20.1. The van der Waals surface area contributed by atoms with Crippen molar-refractivity contribution in [1.29, 1.82) is 0 Å². The zero-order valence-corrected chi connectivity index (χ0v) is 16.5. The van der Waals surface area contributed by atoms with Crippen molar-refractivity contribution < 1.29 is 9.53 Å². The Kier molecular flexibility index (Phi) is 6.80. The van der Waals surface area contributed by atoms with Crippen molar-refractivity contribution >= 4 is 22.4 Å². The lowest BCUT2D eigenvalue weighted by molar-refractivity contribution is -0.117. The van der Waals surface area contributed by atoms with E-state index in [9.17, 15) is 4.79 Å². The Balaban J connectivity index is 1.66. The predicted molar refractivity (Wildman–Crippen MR) is 116 cm³/mol. The third-order valence-electron chi connectivity index (χ3n) is 4.79. The average Bonchev–Trinajstić information content (AvgIpc) is 2.69. The summed E-state index contributed by atoms with van der Waals surface area (Å²) in [6.45, 7) is 5.02. The smallest absolute Gasteiger partial charge is 0.233 e. The molecule has 0 fully saturated rings. The third kappa shape index (κ3) is 5.18. The summed E-state index contributed by atoms with van der Waals surface area (Å²) in [6.07, 6.45) is 1.09. The molecule has 0 radical (unpaired) electrons. The molecule has 0 aliphatic rings. The molecule has 3 aromatic carbocycles. The van der Waals surface area contributed by atoms with E-state index in [2.05, 4.69) is 11.4 Å². The molecule has 3 N–H and O–H groups in total. The number of ether oxygens (including phenoxy) is 1. The second-order valence-electron chi connectivity index (χ2n) is 7.25. The molecule has 4 heteroatoms. The van der Waals surface area contributed by atoms with Crippen LogP contribution in [-0.4, -0.2) is 25.2 Å². The van der Waals surface area contributed by atoms with E-state index in [0.29, 0.717) is 6.61 Å². The fourth-order valence-corrected chi connectivity index (χ4v) is 3.22. The summed E-state index contributed by atoms with van der Waals surface area (Å²) in [7, 11) is 0. The third-order valence-corrected chi connectivity index (χ3v) is 4.79. The quantitative estimate of drug-likeness (QED) is 0.609. The maximum Gasteiger partial charge on any atom is 0.233 e. The predicted octanol–water partition coefficient (Wildman–Crippen LogP) is 4.49. The van der Waals surface area contributed by atoms with Gasteiger partial charge in [-0.25, -0.2) is 0 Å². The molecule has 0 saturated carbocycles. The first-order valence-corrected chi connectivity index (χ1v) is 9.77. The van der Waals surface area contributed by atoms with Gasteiger partial charge in [-0.2, -0.15) is 0 Å². The van der Waals surface area contributed by atoms with Crippen molar-refractivity contribution in [3.05, 3.63) is 77.9 Å². The Morgan fingerprint density at radius 2 is 1.71 bits per heavy atom. The average molecular weight is 377 g/mol. The van der Waals surface area contributed by atoms with Crippen LogP contribution < -0.4 is 11.1 Å². The second kappa shape index (κ2) is 9.49. The summed E-state index contributed by atoms with van der Waals surface area (Å²) in [6, 6.07) is 22.1. The lowest BCUT2D eigenvalue weighted by atomic mass is 9.96. The number of carbonyl (C=O) groups is 1. The molecule has 146 valence electrons. The molecule has 1 atom stereocenters. The molecule has 1 amide bonds. The highest BCUT2D eigenvalue weighted by atomic mass is 16.5. The van der Waals surface area contributed by atoms with Crippen LogP contribution in [0.3, 0.4) is 0 Å². The van der Waals surface area contributed by atoms with Gasteiger partial charge in [0.15, 0.2) is 0 Å². The van der Waals surface area contributed by atoms with E-state index in [-0.39, 0.29) is 24.5 Å². The van der Waals surface area contributed by atoms with Gasteiger partial charge < -0.3 is 15.8 Å². The van der Waals surface area contributed by atoms with Crippen molar-refractivity contribution in [1.82, 2.24) is 0 Å². The number of amides is 1. The van der Waals surface area contributed by atoms with Crippen LogP contribution in [0, 0.1) is 0 Å². The molecule has 0 saturated heterocycles. The van der Waals surface area contributed by atoms with E-state index in [1.54, 1.807) is 0 Å². The van der Waals surface area contributed by atoms with Crippen LogP contribution in [0.2, 0.25) is 0 Å². The van der Waals surface area contributed by atoms with Crippen LogP contribution in [0.1, 0.15) is 30.9 Å². The summed E-state index contributed by atoms with van der Waals surface area (Å²) in [5.41, 5.74) is 8.82. The highest BCUT2D eigenvalue weighted by Crippen LogP contribution is 2.22. The Hall–Kier alpha value is -2.69. The lowest BCUT2D eigenvalue weighted by Crippen LogP contribution is -2.27. The molecule has 1 unspecified atom stereocenters. The largest absolute Gasteiger partial charge is 0.378 e. The van der Waals surface area contributed by atoms with Gasteiger partial charge in [0.2, 0.25) is 5.91 Å².